The Kier molecular flexibility index (Phi) is 4.71. The first kappa shape index (κ1) is 14.5. The Morgan fingerprint density at radius 1 is 1.50 bits per heavy atom. The van der Waals surface area contributed by atoms with Crippen molar-refractivity contribution < 1.29 is 14.7 Å². The van der Waals surface area contributed by atoms with Gasteiger partial charge in [0, 0.05) is 18.9 Å². The number of aliphatic carboxylic acids is 1. The second kappa shape index (κ2) is 6.50. The van der Waals surface area contributed by atoms with Crippen LogP contribution in [0, 0.1) is 5.92 Å². The van der Waals surface area contributed by atoms with E-state index in [4.69, 9.17) is 0 Å². The fraction of sp³-hybridized carbons (Fsp3) is 0.533. The Morgan fingerprint density at radius 3 is 2.90 bits per heavy atom. The Morgan fingerprint density at radius 2 is 2.30 bits per heavy atom. The number of likely N-dealkylation sites (tertiary alicyclic amines) is 1. The van der Waals surface area contributed by atoms with Gasteiger partial charge in [0.15, 0.2) is 0 Å². The Labute approximate surface area is 118 Å². The fourth-order valence-electron chi connectivity index (χ4n) is 2.72. The predicted molar refractivity (Wildman–Crippen MR) is 74.1 cm³/mol. The van der Waals surface area contributed by atoms with Crippen LogP contribution in [0.2, 0.25) is 0 Å². The van der Waals surface area contributed by atoms with Crippen LogP contribution in [0.5, 0.6) is 0 Å². The number of rotatable bonds is 4. The van der Waals surface area contributed by atoms with Crippen molar-refractivity contribution in [1.29, 1.82) is 0 Å². The molecular formula is C15H20N2O3. The molecule has 0 aromatic carbocycles. The highest BCUT2D eigenvalue weighted by Gasteiger charge is 2.35. The van der Waals surface area contributed by atoms with E-state index in [2.05, 4.69) is 11.9 Å². The Balaban J connectivity index is 2.06. The molecule has 0 saturated carbocycles. The minimum Gasteiger partial charge on any atom is -0.480 e. The number of carbonyl (C=O) groups is 2. The number of hydrogen-bond donors (Lipinski definition) is 1. The summed E-state index contributed by atoms with van der Waals surface area (Å²) in [5.41, 5.74) is 0.819. The molecule has 1 aromatic rings. The second-order valence-electron chi connectivity index (χ2n) is 5.28. The molecule has 20 heavy (non-hydrogen) atoms. The van der Waals surface area contributed by atoms with Gasteiger partial charge in [-0.25, -0.2) is 4.79 Å². The highest BCUT2D eigenvalue weighted by atomic mass is 16.4. The van der Waals surface area contributed by atoms with Gasteiger partial charge in [0.05, 0.1) is 6.42 Å². The molecule has 2 unspecified atom stereocenters. The van der Waals surface area contributed by atoms with Gasteiger partial charge in [-0.15, -0.1) is 0 Å². The molecule has 0 spiro atoms. The van der Waals surface area contributed by atoms with Crippen LogP contribution in [-0.2, 0) is 16.0 Å². The number of piperidine rings is 1. The number of nitrogens with zero attached hydrogens (tertiary/aromatic N) is 2. The summed E-state index contributed by atoms with van der Waals surface area (Å²) in [6, 6.07) is 2.93. The van der Waals surface area contributed by atoms with Crippen LogP contribution < -0.4 is 0 Å². The third-order valence-electron chi connectivity index (χ3n) is 3.97. The van der Waals surface area contributed by atoms with Crippen LogP contribution in [0.4, 0.5) is 0 Å². The van der Waals surface area contributed by atoms with E-state index in [0.29, 0.717) is 18.9 Å². The maximum absolute atomic E-state index is 12.3. The molecule has 0 bridgehead atoms. The topological polar surface area (TPSA) is 70.5 Å². The third-order valence-corrected chi connectivity index (χ3v) is 3.97. The second-order valence-corrected chi connectivity index (χ2v) is 5.28. The first-order chi connectivity index (χ1) is 9.61. The van der Waals surface area contributed by atoms with Crippen molar-refractivity contribution in [1.82, 2.24) is 9.88 Å². The molecule has 2 rings (SSSR count). The molecule has 1 aliphatic rings. The normalized spacial score (nSPS) is 22.6. The molecule has 1 amide bonds. The summed E-state index contributed by atoms with van der Waals surface area (Å²) in [6.45, 7) is 2.60. The van der Waals surface area contributed by atoms with Crippen LogP contribution >= 0.6 is 0 Å². The van der Waals surface area contributed by atoms with Gasteiger partial charge in [-0.3, -0.25) is 9.78 Å². The zero-order valence-electron chi connectivity index (χ0n) is 11.7. The van der Waals surface area contributed by atoms with E-state index in [9.17, 15) is 14.7 Å². The van der Waals surface area contributed by atoms with Gasteiger partial charge in [-0.05, 0) is 30.4 Å². The van der Waals surface area contributed by atoms with E-state index >= 15 is 0 Å². The maximum atomic E-state index is 12.3. The van der Waals surface area contributed by atoms with E-state index in [1.54, 1.807) is 18.5 Å². The largest absolute Gasteiger partial charge is 0.480 e. The van der Waals surface area contributed by atoms with Gasteiger partial charge in [0.1, 0.15) is 6.04 Å². The van der Waals surface area contributed by atoms with Crippen LogP contribution in [-0.4, -0.2) is 39.5 Å². The summed E-state index contributed by atoms with van der Waals surface area (Å²) < 4.78 is 0. The Bertz CT molecular complexity index is 475. The maximum Gasteiger partial charge on any atom is 0.326 e. The quantitative estimate of drug-likeness (QED) is 0.909. The molecule has 1 N–H and O–H groups in total. The van der Waals surface area contributed by atoms with Crippen molar-refractivity contribution in [3.05, 3.63) is 30.1 Å². The first-order valence-electron chi connectivity index (χ1n) is 7.03. The van der Waals surface area contributed by atoms with Gasteiger partial charge < -0.3 is 10.0 Å². The van der Waals surface area contributed by atoms with Crippen LogP contribution in [0.15, 0.2) is 24.5 Å². The number of hydrogen-bond acceptors (Lipinski definition) is 3. The first-order valence-corrected chi connectivity index (χ1v) is 7.03. The van der Waals surface area contributed by atoms with Crippen LogP contribution in [0.25, 0.3) is 0 Å². The zero-order valence-corrected chi connectivity index (χ0v) is 11.7. The van der Waals surface area contributed by atoms with E-state index in [1.165, 1.54) is 4.90 Å². The number of pyridine rings is 1. The molecule has 2 heterocycles. The molecule has 1 aromatic heterocycles. The van der Waals surface area contributed by atoms with E-state index in [1.807, 2.05) is 6.07 Å². The minimum atomic E-state index is -0.900. The molecule has 1 fully saturated rings. The lowest BCUT2D eigenvalue weighted by molar-refractivity contribution is -0.152. The van der Waals surface area contributed by atoms with Crippen LogP contribution in [0.3, 0.4) is 0 Å². The third kappa shape index (κ3) is 3.35. The van der Waals surface area contributed by atoms with Crippen molar-refractivity contribution in [2.45, 2.75) is 38.6 Å². The summed E-state index contributed by atoms with van der Waals surface area (Å²) >= 11 is 0. The number of aromatic nitrogens is 1. The van der Waals surface area contributed by atoms with E-state index < -0.39 is 12.0 Å². The summed E-state index contributed by atoms with van der Waals surface area (Å²) in [7, 11) is 0. The van der Waals surface area contributed by atoms with Gasteiger partial charge in [0.25, 0.3) is 0 Å². The monoisotopic (exact) mass is 276 g/mol. The minimum absolute atomic E-state index is 0.125. The average molecular weight is 276 g/mol. The van der Waals surface area contributed by atoms with Crippen LogP contribution in [0.1, 0.15) is 31.7 Å². The molecule has 5 nitrogen and oxygen atoms in total. The molecule has 2 atom stereocenters. The van der Waals surface area contributed by atoms with Crippen molar-refractivity contribution in [2.75, 3.05) is 6.54 Å². The smallest absolute Gasteiger partial charge is 0.326 e. The van der Waals surface area contributed by atoms with E-state index in [-0.39, 0.29) is 12.3 Å². The summed E-state index contributed by atoms with van der Waals surface area (Å²) in [4.78, 5) is 29.2. The van der Waals surface area contributed by atoms with Gasteiger partial charge >= 0.3 is 5.97 Å². The van der Waals surface area contributed by atoms with Gasteiger partial charge in [-0.1, -0.05) is 19.4 Å². The highest BCUT2D eigenvalue weighted by Crippen LogP contribution is 2.26. The van der Waals surface area contributed by atoms with Crippen molar-refractivity contribution in [3.63, 3.8) is 0 Å². The van der Waals surface area contributed by atoms with Gasteiger partial charge in [-0.2, -0.15) is 0 Å². The summed E-state index contributed by atoms with van der Waals surface area (Å²) in [5.74, 6) is -0.624. The summed E-state index contributed by atoms with van der Waals surface area (Å²) in [6.07, 6.45) is 5.93. The molecule has 0 radical (unpaired) electrons. The lowest BCUT2D eigenvalue weighted by atomic mass is 9.88. The molecule has 1 aliphatic heterocycles. The molecule has 5 heteroatoms. The van der Waals surface area contributed by atoms with Crippen molar-refractivity contribution >= 4 is 11.9 Å². The number of carbonyl (C=O) groups excluding carboxylic acids is 1. The lowest BCUT2D eigenvalue weighted by Gasteiger charge is -2.37. The molecule has 0 aliphatic carbocycles. The van der Waals surface area contributed by atoms with Crippen molar-refractivity contribution in [2.24, 2.45) is 5.92 Å². The SMILES string of the molecule is CCC1CCN(C(=O)Cc2cccnc2)C(C(=O)O)C1. The average Bonchev–Trinajstić information content (AvgIpc) is 2.47. The summed E-state index contributed by atoms with van der Waals surface area (Å²) in [5, 5.41) is 9.33. The van der Waals surface area contributed by atoms with Crippen molar-refractivity contribution in [3.8, 4) is 0 Å². The number of carboxylic acids is 1. The predicted octanol–water partition coefficient (Wildman–Crippen LogP) is 1.73. The molecule has 1 saturated heterocycles. The Hall–Kier alpha value is -1.91. The molecular weight excluding hydrogens is 256 g/mol. The highest BCUT2D eigenvalue weighted by molar-refractivity contribution is 5.85. The lowest BCUT2D eigenvalue weighted by Crippen LogP contribution is -2.50. The number of carboxylic acid groups (broad SMARTS) is 1. The zero-order chi connectivity index (χ0) is 14.5. The number of amides is 1. The fourth-order valence-corrected chi connectivity index (χ4v) is 2.72. The van der Waals surface area contributed by atoms with E-state index in [0.717, 1.165) is 18.4 Å². The standard InChI is InChI=1S/C15H20N2O3/c1-2-11-5-7-17(13(8-11)15(19)20)14(18)9-12-4-3-6-16-10-12/h3-4,6,10-11,13H,2,5,7-9H2,1H3,(H,19,20). The van der Waals surface area contributed by atoms with Gasteiger partial charge in [0.2, 0.25) is 5.91 Å². The molecule has 108 valence electrons.